The second kappa shape index (κ2) is 7.94. The molecule has 124 valence electrons. The maximum Gasteiger partial charge on any atom is 0.270 e. The lowest BCUT2D eigenvalue weighted by Crippen LogP contribution is -2.26. The average molecular weight is 335 g/mol. The van der Waals surface area contributed by atoms with Crippen LogP contribution in [-0.2, 0) is 6.42 Å². The minimum Gasteiger partial charge on any atom is -0.493 e. The second-order valence-corrected chi connectivity index (χ2v) is 5.94. The van der Waals surface area contributed by atoms with E-state index in [1.807, 2.05) is 25.1 Å². The molecular weight excluding hydrogens is 314 g/mol. The van der Waals surface area contributed by atoms with Gasteiger partial charge in [-0.3, -0.25) is 4.79 Å². The second-order valence-electron chi connectivity index (χ2n) is 5.05. The van der Waals surface area contributed by atoms with E-state index in [1.165, 1.54) is 11.3 Å². The van der Waals surface area contributed by atoms with Crippen molar-refractivity contribution < 1.29 is 14.3 Å². The lowest BCUT2D eigenvalue weighted by atomic mass is 10.1. The van der Waals surface area contributed by atoms with Crippen LogP contribution in [0.3, 0.4) is 0 Å². The molecule has 6 nitrogen and oxygen atoms in total. The zero-order valence-electron chi connectivity index (χ0n) is 13.5. The monoisotopic (exact) mass is 335 g/mol. The van der Waals surface area contributed by atoms with Crippen LogP contribution < -0.4 is 20.5 Å². The summed E-state index contributed by atoms with van der Waals surface area (Å²) >= 11 is 1.40. The molecule has 0 radical (unpaired) electrons. The molecule has 0 bridgehead atoms. The molecule has 0 aliphatic carbocycles. The minimum absolute atomic E-state index is 0.159. The number of hydrogen-bond acceptors (Lipinski definition) is 6. The number of benzene rings is 1. The van der Waals surface area contributed by atoms with Crippen molar-refractivity contribution >= 4 is 17.2 Å². The summed E-state index contributed by atoms with van der Waals surface area (Å²) in [6, 6.07) is 5.55. The van der Waals surface area contributed by atoms with Crippen LogP contribution in [0.2, 0.25) is 0 Å². The molecule has 1 atom stereocenters. The topological polar surface area (TPSA) is 86.5 Å². The van der Waals surface area contributed by atoms with E-state index in [2.05, 4.69) is 10.3 Å². The van der Waals surface area contributed by atoms with Crippen LogP contribution in [-0.4, -0.2) is 31.7 Å². The zero-order chi connectivity index (χ0) is 16.8. The van der Waals surface area contributed by atoms with E-state index in [1.54, 1.807) is 19.6 Å². The Hall–Kier alpha value is -2.12. The number of ether oxygens (including phenoxy) is 2. The Kier molecular flexibility index (Phi) is 5.95. The fraction of sp³-hybridized carbons (Fsp3) is 0.375. The number of carbonyl (C=O) groups is 1. The highest BCUT2D eigenvalue weighted by Crippen LogP contribution is 2.27. The third-order valence-corrected chi connectivity index (χ3v) is 4.34. The van der Waals surface area contributed by atoms with Gasteiger partial charge in [-0.1, -0.05) is 6.07 Å². The van der Waals surface area contributed by atoms with Crippen molar-refractivity contribution in [2.45, 2.75) is 19.4 Å². The largest absolute Gasteiger partial charge is 0.493 e. The van der Waals surface area contributed by atoms with Crippen molar-refractivity contribution in [3.8, 4) is 11.5 Å². The molecule has 0 spiro atoms. The normalized spacial score (nSPS) is 11.8. The molecule has 0 aliphatic rings. The first-order valence-corrected chi connectivity index (χ1v) is 8.13. The molecule has 1 aromatic carbocycles. The van der Waals surface area contributed by atoms with Crippen LogP contribution in [0.4, 0.5) is 0 Å². The summed E-state index contributed by atoms with van der Waals surface area (Å²) in [5, 5.41) is 5.34. The van der Waals surface area contributed by atoms with Gasteiger partial charge in [0.25, 0.3) is 5.91 Å². The Balaban J connectivity index is 1.90. The number of hydrogen-bond donors (Lipinski definition) is 2. The molecule has 1 unspecified atom stereocenters. The van der Waals surface area contributed by atoms with Gasteiger partial charge in [-0.05, 0) is 31.0 Å². The fourth-order valence-electron chi connectivity index (χ4n) is 2.05. The standard InChI is InChI=1S/C16H21N3O3S/c1-10(17)16-19-12(9-23-16)15(20)18-7-6-11-4-5-13(21-2)14(8-11)22-3/h4-5,8-10H,6-7,17H2,1-3H3,(H,18,20). The summed E-state index contributed by atoms with van der Waals surface area (Å²) in [6.07, 6.45) is 0.691. The molecule has 1 amide bonds. The van der Waals surface area contributed by atoms with E-state index in [4.69, 9.17) is 15.2 Å². The van der Waals surface area contributed by atoms with Crippen molar-refractivity contribution in [3.63, 3.8) is 0 Å². The van der Waals surface area contributed by atoms with Gasteiger partial charge in [-0.25, -0.2) is 4.98 Å². The Morgan fingerprint density at radius 2 is 2.09 bits per heavy atom. The number of nitrogens with zero attached hydrogens (tertiary/aromatic N) is 1. The van der Waals surface area contributed by atoms with Crippen LogP contribution >= 0.6 is 11.3 Å². The first-order chi connectivity index (χ1) is 11.0. The maximum atomic E-state index is 12.0. The lowest BCUT2D eigenvalue weighted by Gasteiger charge is -2.09. The van der Waals surface area contributed by atoms with E-state index in [-0.39, 0.29) is 11.9 Å². The van der Waals surface area contributed by atoms with Gasteiger partial charge in [0, 0.05) is 11.9 Å². The van der Waals surface area contributed by atoms with Crippen molar-refractivity contribution in [2.75, 3.05) is 20.8 Å². The molecule has 0 aliphatic heterocycles. The number of amides is 1. The van der Waals surface area contributed by atoms with Crippen LogP contribution in [0, 0.1) is 0 Å². The summed E-state index contributed by atoms with van der Waals surface area (Å²) < 4.78 is 10.5. The number of nitrogens with two attached hydrogens (primary N) is 1. The highest BCUT2D eigenvalue weighted by molar-refractivity contribution is 7.09. The van der Waals surface area contributed by atoms with E-state index in [0.29, 0.717) is 30.2 Å². The molecule has 7 heteroatoms. The third kappa shape index (κ3) is 4.43. The van der Waals surface area contributed by atoms with E-state index < -0.39 is 0 Å². The Bertz CT molecular complexity index is 670. The SMILES string of the molecule is COc1ccc(CCNC(=O)c2csc(C(C)N)n2)cc1OC. The predicted octanol–water partition coefficient (Wildman–Crippen LogP) is 2.15. The molecular formula is C16H21N3O3S. The number of thiazole rings is 1. The van der Waals surface area contributed by atoms with E-state index in [0.717, 1.165) is 10.6 Å². The summed E-state index contributed by atoms with van der Waals surface area (Å²) in [7, 11) is 3.20. The summed E-state index contributed by atoms with van der Waals surface area (Å²) in [6.45, 7) is 2.36. The van der Waals surface area contributed by atoms with Crippen molar-refractivity contribution in [1.29, 1.82) is 0 Å². The lowest BCUT2D eigenvalue weighted by molar-refractivity contribution is 0.0949. The van der Waals surface area contributed by atoms with Crippen LogP contribution in [0.25, 0.3) is 0 Å². The van der Waals surface area contributed by atoms with E-state index in [9.17, 15) is 4.79 Å². The van der Waals surface area contributed by atoms with Crippen molar-refractivity contribution in [1.82, 2.24) is 10.3 Å². The number of nitrogens with one attached hydrogen (secondary N) is 1. The number of rotatable bonds is 7. The van der Waals surface area contributed by atoms with Gasteiger partial charge in [0.1, 0.15) is 10.7 Å². The maximum absolute atomic E-state index is 12.0. The van der Waals surface area contributed by atoms with Gasteiger partial charge >= 0.3 is 0 Å². The first kappa shape index (κ1) is 17.2. The van der Waals surface area contributed by atoms with E-state index >= 15 is 0 Å². The predicted molar refractivity (Wildman–Crippen MR) is 90.3 cm³/mol. The van der Waals surface area contributed by atoms with Gasteiger partial charge in [-0.15, -0.1) is 11.3 Å². The minimum atomic E-state index is -0.186. The average Bonchev–Trinajstić information content (AvgIpc) is 3.05. The fourth-order valence-corrected chi connectivity index (χ4v) is 2.81. The summed E-state index contributed by atoms with van der Waals surface area (Å²) in [5.41, 5.74) is 7.21. The Labute approximate surface area is 139 Å². The highest BCUT2D eigenvalue weighted by Gasteiger charge is 2.12. The van der Waals surface area contributed by atoms with Crippen LogP contribution in [0.5, 0.6) is 11.5 Å². The Morgan fingerprint density at radius 3 is 2.70 bits per heavy atom. The molecule has 0 saturated carbocycles. The number of methoxy groups -OCH3 is 2. The molecule has 2 aromatic rings. The van der Waals surface area contributed by atoms with Gasteiger partial charge < -0.3 is 20.5 Å². The van der Waals surface area contributed by atoms with Crippen LogP contribution in [0.15, 0.2) is 23.6 Å². The molecule has 0 fully saturated rings. The van der Waals surface area contributed by atoms with Gasteiger partial charge in [0.05, 0.1) is 20.3 Å². The summed E-state index contributed by atoms with van der Waals surface area (Å²) in [4.78, 5) is 16.3. The van der Waals surface area contributed by atoms with Crippen molar-refractivity contribution in [2.24, 2.45) is 5.73 Å². The smallest absolute Gasteiger partial charge is 0.270 e. The molecule has 2 rings (SSSR count). The number of aromatic nitrogens is 1. The first-order valence-electron chi connectivity index (χ1n) is 7.25. The molecule has 3 N–H and O–H groups in total. The number of carbonyl (C=O) groups excluding carboxylic acids is 1. The molecule has 1 heterocycles. The Morgan fingerprint density at radius 1 is 1.35 bits per heavy atom. The molecule has 23 heavy (non-hydrogen) atoms. The zero-order valence-corrected chi connectivity index (χ0v) is 14.3. The van der Waals surface area contributed by atoms with Gasteiger partial charge in [0.2, 0.25) is 0 Å². The quantitative estimate of drug-likeness (QED) is 0.810. The van der Waals surface area contributed by atoms with Crippen LogP contribution in [0.1, 0.15) is 34.0 Å². The van der Waals surface area contributed by atoms with Gasteiger partial charge in [0.15, 0.2) is 11.5 Å². The third-order valence-electron chi connectivity index (χ3n) is 3.29. The van der Waals surface area contributed by atoms with Crippen molar-refractivity contribution in [3.05, 3.63) is 39.8 Å². The van der Waals surface area contributed by atoms with Gasteiger partial charge in [-0.2, -0.15) is 0 Å². The summed E-state index contributed by atoms with van der Waals surface area (Å²) in [5.74, 6) is 1.18. The highest BCUT2D eigenvalue weighted by atomic mass is 32.1. The molecule has 0 saturated heterocycles. The molecule has 1 aromatic heterocycles.